The summed E-state index contributed by atoms with van der Waals surface area (Å²) in [6.45, 7) is 9.19. The van der Waals surface area contributed by atoms with Crippen LogP contribution in [0.3, 0.4) is 0 Å². The Bertz CT molecular complexity index is 485. The van der Waals surface area contributed by atoms with Gasteiger partial charge in [0.05, 0.1) is 12.6 Å². The molecule has 1 aromatic heterocycles. The lowest BCUT2D eigenvalue weighted by molar-refractivity contribution is -0.122. The molecule has 1 aliphatic rings. The second-order valence-electron chi connectivity index (χ2n) is 5.86. The zero-order chi connectivity index (χ0) is 16.7. The highest BCUT2D eigenvalue weighted by Crippen LogP contribution is 2.19. The van der Waals surface area contributed by atoms with Crippen LogP contribution >= 0.6 is 0 Å². The van der Waals surface area contributed by atoms with Gasteiger partial charge < -0.3 is 14.6 Å². The molecule has 23 heavy (non-hydrogen) atoms. The Labute approximate surface area is 137 Å². The van der Waals surface area contributed by atoms with Crippen molar-refractivity contribution in [3.8, 4) is 0 Å². The van der Waals surface area contributed by atoms with Gasteiger partial charge in [-0.15, -0.1) is 0 Å². The van der Waals surface area contributed by atoms with Crippen molar-refractivity contribution in [2.45, 2.75) is 26.3 Å². The van der Waals surface area contributed by atoms with Gasteiger partial charge in [-0.2, -0.15) is 4.98 Å². The van der Waals surface area contributed by atoms with Gasteiger partial charge in [0.2, 0.25) is 11.8 Å². The molecule has 0 radical (unpaired) electrons. The fraction of sp³-hybridized carbons (Fsp3) is 0.800. The number of aryl methyl sites for hydroxylation is 1. The van der Waals surface area contributed by atoms with Crippen molar-refractivity contribution in [2.24, 2.45) is 0 Å². The number of nitrogens with one attached hydrogen (secondary N) is 1. The summed E-state index contributed by atoms with van der Waals surface area (Å²) >= 11 is 0. The molecule has 1 fully saturated rings. The predicted molar refractivity (Wildman–Crippen MR) is 85.0 cm³/mol. The van der Waals surface area contributed by atoms with E-state index in [-0.39, 0.29) is 11.9 Å². The van der Waals surface area contributed by atoms with Crippen LogP contribution in [0.25, 0.3) is 0 Å². The first-order chi connectivity index (χ1) is 11.1. The number of hydrogen-bond acceptors (Lipinski definition) is 7. The van der Waals surface area contributed by atoms with Gasteiger partial charge in [0.25, 0.3) is 0 Å². The Morgan fingerprint density at radius 3 is 2.74 bits per heavy atom. The van der Waals surface area contributed by atoms with Crippen molar-refractivity contribution in [1.82, 2.24) is 25.3 Å². The number of methoxy groups -OCH3 is 1. The first-order valence-electron chi connectivity index (χ1n) is 8.12. The summed E-state index contributed by atoms with van der Waals surface area (Å²) in [5.41, 5.74) is 0. The largest absolute Gasteiger partial charge is 0.385 e. The normalized spacial score (nSPS) is 18.0. The Balaban J connectivity index is 1.68. The van der Waals surface area contributed by atoms with Gasteiger partial charge in [0.1, 0.15) is 0 Å². The molecule has 0 bridgehead atoms. The third-order valence-corrected chi connectivity index (χ3v) is 4.07. The molecule has 0 spiro atoms. The third-order valence-electron chi connectivity index (χ3n) is 4.07. The van der Waals surface area contributed by atoms with Crippen LogP contribution in [0.1, 0.15) is 31.1 Å². The first-order valence-corrected chi connectivity index (χ1v) is 8.12. The summed E-state index contributed by atoms with van der Waals surface area (Å²) in [6, 6.07) is 0.112. The Morgan fingerprint density at radius 1 is 1.39 bits per heavy atom. The van der Waals surface area contributed by atoms with E-state index >= 15 is 0 Å². The summed E-state index contributed by atoms with van der Waals surface area (Å²) in [7, 11) is 1.66. The zero-order valence-corrected chi connectivity index (χ0v) is 14.2. The van der Waals surface area contributed by atoms with Gasteiger partial charge in [0, 0.05) is 46.4 Å². The van der Waals surface area contributed by atoms with Gasteiger partial charge in [-0.3, -0.25) is 14.6 Å². The smallest absolute Gasteiger partial charge is 0.243 e. The molecule has 1 atom stereocenters. The lowest BCUT2D eigenvalue weighted by Crippen LogP contribution is -2.50. The highest BCUT2D eigenvalue weighted by Gasteiger charge is 2.26. The first kappa shape index (κ1) is 17.8. The highest BCUT2D eigenvalue weighted by molar-refractivity contribution is 5.77. The van der Waals surface area contributed by atoms with E-state index in [4.69, 9.17) is 9.26 Å². The third kappa shape index (κ3) is 5.56. The molecule has 2 rings (SSSR count). The number of amides is 1. The van der Waals surface area contributed by atoms with Crippen molar-refractivity contribution in [3.05, 3.63) is 11.7 Å². The molecule has 0 saturated carbocycles. The minimum Gasteiger partial charge on any atom is -0.385 e. The second-order valence-corrected chi connectivity index (χ2v) is 5.86. The van der Waals surface area contributed by atoms with E-state index in [2.05, 4.69) is 32.2 Å². The standard InChI is InChI=1S/C15H27N5O3/c1-12(15-17-13(2)18-23-15)20-8-6-19(7-9-20)11-14(21)16-5-4-10-22-3/h12H,4-11H2,1-3H3,(H,16,21)/t12-/m1/s1. The van der Waals surface area contributed by atoms with Gasteiger partial charge in [0.15, 0.2) is 5.82 Å². The lowest BCUT2D eigenvalue weighted by atomic mass is 10.2. The van der Waals surface area contributed by atoms with Crippen LogP contribution in [0.4, 0.5) is 0 Å². The van der Waals surface area contributed by atoms with E-state index < -0.39 is 0 Å². The van der Waals surface area contributed by atoms with Crippen molar-refractivity contribution < 1.29 is 14.1 Å². The summed E-state index contributed by atoms with van der Waals surface area (Å²) in [5, 5.41) is 6.76. The van der Waals surface area contributed by atoms with E-state index in [1.165, 1.54) is 0 Å². The number of carbonyl (C=O) groups excluding carboxylic acids is 1. The van der Waals surface area contributed by atoms with Crippen LogP contribution in [0.2, 0.25) is 0 Å². The van der Waals surface area contributed by atoms with Crippen LogP contribution in [0, 0.1) is 6.92 Å². The van der Waals surface area contributed by atoms with Crippen molar-refractivity contribution in [2.75, 3.05) is 53.0 Å². The molecule has 8 heteroatoms. The Morgan fingerprint density at radius 2 is 2.13 bits per heavy atom. The molecule has 1 aliphatic heterocycles. The van der Waals surface area contributed by atoms with Crippen LogP contribution in [-0.2, 0) is 9.53 Å². The van der Waals surface area contributed by atoms with E-state index in [0.29, 0.717) is 31.4 Å². The number of piperazine rings is 1. The Hall–Kier alpha value is -1.51. The van der Waals surface area contributed by atoms with Crippen LogP contribution < -0.4 is 5.32 Å². The lowest BCUT2D eigenvalue weighted by Gasteiger charge is -2.36. The number of ether oxygens (including phenoxy) is 1. The maximum absolute atomic E-state index is 11.9. The fourth-order valence-electron chi connectivity index (χ4n) is 2.65. The SMILES string of the molecule is COCCCNC(=O)CN1CCN([C@H](C)c2nc(C)no2)CC1. The molecule has 130 valence electrons. The molecule has 1 N–H and O–H groups in total. The Kier molecular flexibility index (Phi) is 6.94. The van der Waals surface area contributed by atoms with Crippen LogP contribution in [0.5, 0.6) is 0 Å². The molecular weight excluding hydrogens is 298 g/mol. The van der Waals surface area contributed by atoms with E-state index in [0.717, 1.165) is 32.6 Å². The molecule has 0 aliphatic carbocycles. The zero-order valence-electron chi connectivity index (χ0n) is 14.2. The molecule has 0 unspecified atom stereocenters. The highest BCUT2D eigenvalue weighted by atomic mass is 16.5. The van der Waals surface area contributed by atoms with E-state index in [1.807, 2.05) is 6.92 Å². The molecule has 1 aromatic rings. The van der Waals surface area contributed by atoms with Gasteiger partial charge in [-0.05, 0) is 20.3 Å². The number of hydrogen-bond donors (Lipinski definition) is 1. The molecule has 8 nitrogen and oxygen atoms in total. The maximum Gasteiger partial charge on any atom is 0.243 e. The average Bonchev–Trinajstić information content (AvgIpc) is 2.98. The molecular formula is C15H27N5O3. The van der Waals surface area contributed by atoms with Crippen molar-refractivity contribution >= 4 is 5.91 Å². The monoisotopic (exact) mass is 325 g/mol. The summed E-state index contributed by atoms with van der Waals surface area (Å²) in [4.78, 5) is 20.6. The van der Waals surface area contributed by atoms with Crippen molar-refractivity contribution in [3.63, 3.8) is 0 Å². The quantitative estimate of drug-likeness (QED) is 0.684. The summed E-state index contributed by atoms with van der Waals surface area (Å²) in [6.07, 6.45) is 0.844. The molecule has 1 saturated heterocycles. The van der Waals surface area contributed by atoms with Crippen molar-refractivity contribution in [1.29, 1.82) is 0 Å². The average molecular weight is 325 g/mol. The molecule has 1 amide bonds. The van der Waals surface area contributed by atoms with Gasteiger partial charge in [-0.25, -0.2) is 0 Å². The summed E-state index contributed by atoms with van der Waals surface area (Å²) < 4.78 is 10.2. The van der Waals surface area contributed by atoms with E-state index in [1.54, 1.807) is 7.11 Å². The second kappa shape index (κ2) is 8.95. The topological polar surface area (TPSA) is 83.7 Å². The van der Waals surface area contributed by atoms with E-state index in [9.17, 15) is 4.79 Å². The minimum absolute atomic E-state index is 0.0788. The number of carbonyl (C=O) groups is 1. The molecule has 0 aromatic carbocycles. The fourth-order valence-corrected chi connectivity index (χ4v) is 2.65. The number of nitrogens with zero attached hydrogens (tertiary/aromatic N) is 4. The molecule has 2 heterocycles. The van der Waals surface area contributed by atoms with Gasteiger partial charge in [-0.1, -0.05) is 5.16 Å². The predicted octanol–water partition coefficient (Wildman–Crippen LogP) is 0.209. The maximum atomic E-state index is 11.9. The minimum atomic E-state index is 0.0788. The van der Waals surface area contributed by atoms with Crippen LogP contribution in [-0.4, -0.2) is 78.8 Å². The van der Waals surface area contributed by atoms with Gasteiger partial charge >= 0.3 is 0 Å². The summed E-state index contributed by atoms with van der Waals surface area (Å²) in [5.74, 6) is 1.40. The number of aromatic nitrogens is 2. The van der Waals surface area contributed by atoms with Crippen LogP contribution in [0.15, 0.2) is 4.52 Å². The number of rotatable bonds is 8.